The predicted molar refractivity (Wildman–Crippen MR) is 79.5 cm³/mol. The maximum absolute atomic E-state index is 12.2. The van der Waals surface area contributed by atoms with Crippen molar-refractivity contribution in [3.05, 3.63) is 45.5 Å². The highest BCUT2D eigenvalue weighted by atomic mass is 32.1. The summed E-state index contributed by atoms with van der Waals surface area (Å²) in [6.45, 7) is 2.72. The molecule has 1 amide bonds. The molecular formula is C15H16N2O2S. The molecule has 2 aromatic heterocycles. The zero-order valence-corrected chi connectivity index (χ0v) is 12.3. The topological polar surface area (TPSA) is 59.5 Å². The van der Waals surface area contributed by atoms with Crippen LogP contribution >= 0.6 is 11.3 Å². The van der Waals surface area contributed by atoms with E-state index in [0.29, 0.717) is 18.7 Å². The van der Waals surface area contributed by atoms with Crippen LogP contribution in [0.25, 0.3) is 0 Å². The number of carbonyl (C=O) groups is 1. The molecule has 0 aliphatic carbocycles. The molecule has 0 radical (unpaired) electrons. The van der Waals surface area contributed by atoms with Gasteiger partial charge in [-0.05, 0) is 19.1 Å². The Hall–Kier alpha value is -2.03. The maximum atomic E-state index is 12.2. The number of hydrogen-bond acceptors (Lipinski definition) is 4. The van der Waals surface area contributed by atoms with Gasteiger partial charge in [-0.1, -0.05) is 11.8 Å². The monoisotopic (exact) mass is 288 g/mol. The van der Waals surface area contributed by atoms with E-state index in [0.717, 1.165) is 16.2 Å². The Morgan fingerprint density at radius 1 is 1.50 bits per heavy atom. The van der Waals surface area contributed by atoms with Crippen molar-refractivity contribution < 1.29 is 9.21 Å². The van der Waals surface area contributed by atoms with Gasteiger partial charge in [0.15, 0.2) is 0 Å². The smallest absolute Gasteiger partial charge is 0.257 e. The summed E-state index contributed by atoms with van der Waals surface area (Å²) >= 11 is 1.59. The Morgan fingerprint density at radius 2 is 2.30 bits per heavy atom. The van der Waals surface area contributed by atoms with E-state index in [9.17, 15) is 4.79 Å². The molecule has 0 fully saturated rings. The number of hydrogen-bond donors (Lipinski definition) is 1. The Balaban J connectivity index is 2.02. The second-order valence-electron chi connectivity index (χ2n) is 4.41. The Bertz CT molecular complexity index is 661. The fourth-order valence-corrected chi connectivity index (χ4v) is 2.63. The average Bonchev–Trinajstić information content (AvgIpc) is 3.04. The molecule has 0 aromatic carbocycles. The van der Waals surface area contributed by atoms with E-state index in [-0.39, 0.29) is 5.91 Å². The van der Waals surface area contributed by atoms with Crippen LogP contribution in [0.2, 0.25) is 0 Å². The van der Waals surface area contributed by atoms with E-state index in [4.69, 9.17) is 10.2 Å². The fourth-order valence-electron chi connectivity index (χ4n) is 1.76. The molecule has 104 valence electrons. The largest absolute Gasteiger partial charge is 0.469 e. The molecule has 0 aliphatic rings. The first-order valence-corrected chi connectivity index (χ1v) is 7.05. The van der Waals surface area contributed by atoms with Crippen molar-refractivity contribution >= 4 is 17.2 Å². The molecule has 0 atom stereocenters. The van der Waals surface area contributed by atoms with E-state index in [1.165, 1.54) is 6.26 Å². The van der Waals surface area contributed by atoms with Crippen LogP contribution in [0.1, 0.15) is 26.6 Å². The van der Waals surface area contributed by atoms with E-state index >= 15 is 0 Å². The molecule has 0 spiro atoms. The Kier molecular flexibility index (Phi) is 4.61. The molecule has 0 unspecified atom stereocenters. The van der Waals surface area contributed by atoms with Crippen LogP contribution in [0, 0.1) is 18.8 Å². The normalized spacial score (nSPS) is 9.95. The highest BCUT2D eigenvalue weighted by Crippen LogP contribution is 2.17. The van der Waals surface area contributed by atoms with Gasteiger partial charge in [0.2, 0.25) is 0 Å². The second kappa shape index (κ2) is 6.42. The van der Waals surface area contributed by atoms with E-state index < -0.39 is 0 Å². The molecule has 0 saturated carbocycles. The minimum absolute atomic E-state index is 0.0511. The molecule has 0 bridgehead atoms. The number of amides is 1. The standard InChI is InChI=1S/C15H16N2O2S/c1-11-6-13(9-19-11)15(18)17(2)8-14-7-12(10-20-14)4-3-5-16/h6-7,9-10H,5,8,16H2,1-2H3. The molecule has 0 saturated heterocycles. The third-order valence-electron chi connectivity index (χ3n) is 2.71. The van der Waals surface area contributed by atoms with Gasteiger partial charge >= 0.3 is 0 Å². The SMILES string of the molecule is Cc1cc(C(=O)N(C)Cc2cc(C#CCN)cs2)co1. The van der Waals surface area contributed by atoms with Crippen LogP contribution in [-0.2, 0) is 6.54 Å². The number of aryl methyl sites for hydroxylation is 1. The number of thiophene rings is 1. The molecule has 2 rings (SSSR count). The molecule has 5 heteroatoms. The van der Waals surface area contributed by atoms with E-state index in [1.54, 1.807) is 29.4 Å². The first kappa shape index (κ1) is 14.4. The first-order chi connectivity index (χ1) is 9.60. The van der Waals surface area contributed by atoms with Crippen molar-refractivity contribution in [3.63, 3.8) is 0 Å². The van der Waals surface area contributed by atoms with Gasteiger partial charge in [-0.25, -0.2) is 0 Å². The molecule has 2 N–H and O–H groups in total. The van der Waals surface area contributed by atoms with Crippen molar-refractivity contribution in [3.8, 4) is 11.8 Å². The summed E-state index contributed by atoms with van der Waals surface area (Å²) in [6, 6.07) is 3.73. The quantitative estimate of drug-likeness (QED) is 0.881. The highest BCUT2D eigenvalue weighted by molar-refractivity contribution is 7.10. The van der Waals surface area contributed by atoms with E-state index in [1.807, 2.05) is 18.4 Å². The zero-order valence-electron chi connectivity index (χ0n) is 11.5. The fraction of sp³-hybridized carbons (Fsp3) is 0.267. The lowest BCUT2D eigenvalue weighted by atomic mass is 10.2. The third-order valence-corrected chi connectivity index (χ3v) is 3.63. The van der Waals surface area contributed by atoms with Gasteiger partial charge in [0.1, 0.15) is 12.0 Å². The number of carbonyl (C=O) groups excluding carboxylic acids is 1. The number of furan rings is 1. The summed E-state index contributed by atoms with van der Waals surface area (Å²) in [7, 11) is 1.77. The predicted octanol–water partition coefficient (Wildman–Crippen LogP) is 2.23. The van der Waals surface area contributed by atoms with Gasteiger partial charge in [-0.2, -0.15) is 0 Å². The zero-order chi connectivity index (χ0) is 14.5. The van der Waals surface area contributed by atoms with Crippen molar-refractivity contribution in [1.82, 2.24) is 4.90 Å². The van der Waals surface area contributed by atoms with Crippen LogP contribution < -0.4 is 5.73 Å². The van der Waals surface area contributed by atoms with Gasteiger partial charge in [-0.15, -0.1) is 11.3 Å². The summed E-state index contributed by atoms with van der Waals surface area (Å²) in [5.74, 6) is 6.48. The number of nitrogens with two attached hydrogens (primary N) is 1. The molecule has 20 heavy (non-hydrogen) atoms. The van der Waals surface area contributed by atoms with Gasteiger partial charge in [0.05, 0.1) is 18.7 Å². The lowest BCUT2D eigenvalue weighted by Gasteiger charge is -2.14. The molecular weight excluding hydrogens is 272 g/mol. The summed E-state index contributed by atoms with van der Waals surface area (Å²) < 4.78 is 5.16. The lowest BCUT2D eigenvalue weighted by Crippen LogP contribution is -2.25. The summed E-state index contributed by atoms with van der Waals surface area (Å²) in [4.78, 5) is 14.9. The van der Waals surface area contributed by atoms with Crippen molar-refractivity contribution in [2.24, 2.45) is 5.73 Å². The van der Waals surface area contributed by atoms with Crippen LogP contribution in [0.3, 0.4) is 0 Å². The number of nitrogens with zero attached hydrogens (tertiary/aromatic N) is 1. The van der Waals surface area contributed by atoms with E-state index in [2.05, 4.69) is 11.8 Å². The minimum atomic E-state index is -0.0511. The van der Waals surface area contributed by atoms with Crippen LogP contribution in [0.15, 0.2) is 28.2 Å². The summed E-state index contributed by atoms with van der Waals surface area (Å²) in [5.41, 5.74) is 6.85. The molecule has 0 aliphatic heterocycles. The molecule has 4 nitrogen and oxygen atoms in total. The van der Waals surface area contributed by atoms with Crippen LogP contribution in [-0.4, -0.2) is 24.4 Å². The van der Waals surface area contributed by atoms with Gasteiger partial charge < -0.3 is 15.1 Å². The van der Waals surface area contributed by atoms with Crippen molar-refractivity contribution in [2.75, 3.05) is 13.6 Å². The third kappa shape index (κ3) is 3.50. The molecule has 2 heterocycles. The Labute approximate surface area is 122 Å². The second-order valence-corrected chi connectivity index (χ2v) is 5.41. The minimum Gasteiger partial charge on any atom is -0.469 e. The van der Waals surface area contributed by atoms with Crippen LogP contribution in [0.4, 0.5) is 0 Å². The van der Waals surface area contributed by atoms with Gasteiger partial charge in [0.25, 0.3) is 5.91 Å². The van der Waals surface area contributed by atoms with Crippen LogP contribution in [0.5, 0.6) is 0 Å². The number of rotatable bonds is 3. The molecule has 2 aromatic rings. The highest BCUT2D eigenvalue weighted by Gasteiger charge is 2.14. The van der Waals surface area contributed by atoms with Crippen molar-refractivity contribution in [2.45, 2.75) is 13.5 Å². The maximum Gasteiger partial charge on any atom is 0.257 e. The van der Waals surface area contributed by atoms with Gasteiger partial charge in [0, 0.05) is 22.9 Å². The van der Waals surface area contributed by atoms with Gasteiger partial charge in [-0.3, -0.25) is 4.79 Å². The summed E-state index contributed by atoms with van der Waals surface area (Å²) in [5, 5.41) is 1.97. The lowest BCUT2D eigenvalue weighted by molar-refractivity contribution is 0.0785. The Morgan fingerprint density at radius 3 is 2.95 bits per heavy atom. The first-order valence-electron chi connectivity index (χ1n) is 6.17. The summed E-state index contributed by atoms with van der Waals surface area (Å²) in [6.07, 6.45) is 1.49. The average molecular weight is 288 g/mol. The van der Waals surface area contributed by atoms with Crippen molar-refractivity contribution in [1.29, 1.82) is 0 Å².